The highest BCUT2D eigenvalue weighted by atomic mass is 16.5. The van der Waals surface area contributed by atoms with E-state index in [0.717, 1.165) is 16.9 Å². The van der Waals surface area contributed by atoms with Gasteiger partial charge in [-0.25, -0.2) is 4.79 Å². The topological polar surface area (TPSA) is 35.5 Å². The van der Waals surface area contributed by atoms with E-state index < -0.39 is 0 Å². The predicted octanol–water partition coefficient (Wildman–Crippen LogP) is 5.95. The molecule has 0 aromatic heterocycles. The Morgan fingerprint density at radius 3 is 2.04 bits per heavy atom. The Kier molecular flexibility index (Phi) is 8.80. The zero-order chi connectivity index (χ0) is 20.6. The summed E-state index contributed by atoms with van der Waals surface area (Å²) in [6.07, 6.45) is 11.6. The molecule has 146 valence electrons. The third-order valence-corrected chi connectivity index (χ3v) is 4.68. The molecule has 0 aliphatic carbocycles. The molecule has 1 rings (SSSR count). The summed E-state index contributed by atoms with van der Waals surface area (Å²) in [5.74, 6) is 0.664. The molecule has 0 heterocycles. The van der Waals surface area contributed by atoms with Gasteiger partial charge in [0.05, 0.1) is 13.7 Å². The highest BCUT2D eigenvalue weighted by molar-refractivity contribution is 5.83. The van der Waals surface area contributed by atoms with Crippen molar-refractivity contribution >= 4 is 12.0 Å². The van der Waals surface area contributed by atoms with Crippen LogP contribution in [0, 0.1) is 27.7 Å². The fourth-order valence-corrected chi connectivity index (χ4v) is 2.90. The molecule has 1 aromatic rings. The van der Waals surface area contributed by atoms with E-state index in [4.69, 9.17) is 9.47 Å². The summed E-state index contributed by atoms with van der Waals surface area (Å²) >= 11 is 0. The Balaban J connectivity index is 2.99. The SMILES string of the molecule is CCOC(=O)/C=C(C)/C=C/C=C(C)/C=C/c1c(C)c(C)c(OC)c(C)c1C. The standard InChI is InChI=1S/C24H32O3/c1-9-27-23(25)15-17(3)12-10-11-16(2)13-14-22-18(4)20(6)24(26-8)21(7)19(22)5/h10-15H,9H2,1-8H3/b12-10+,14-13+,16-11+,17-15+. The number of benzene rings is 1. The quantitative estimate of drug-likeness (QED) is 0.339. The van der Waals surface area contributed by atoms with Crippen LogP contribution in [0.25, 0.3) is 6.08 Å². The lowest BCUT2D eigenvalue weighted by atomic mass is 9.92. The maximum absolute atomic E-state index is 11.4. The van der Waals surface area contributed by atoms with E-state index in [1.165, 1.54) is 33.9 Å². The average Bonchev–Trinajstić information content (AvgIpc) is 2.60. The summed E-state index contributed by atoms with van der Waals surface area (Å²) in [5.41, 5.74) is 8.06. The highest BCUT2D eigenvalue weighted by Gasteiger charge is 2.13. The first-order valence-electron chi connectivity index (χ1n) is 9.25. The second-order valence-corrected chi connectivity index (χ2v) is 6.69. The van der Waals surface area contributed by atoms with Crippen molar-refractivity contribution in [1.82, 2.24) is 0 Å². The lowest BCUT2D eigenvalue weighted by Gasteiger charge is -2.17. The van der Waals surface area contributed by atoms with Gasteiger partial charge in [-0.3, -0.25) is 0 Å². The van der Waals surface area contributed by atoms with Crippen molar-refractivity contribution in [2.75, 3.05) is 13.7 Å². The number of ether oxygens (including phenoxy) is 2. The second kappa shape index (κ2) is 10.6. The van der Waals surface area contributed by atoms with E-state index in [0.29, 0.717) is 6.61 Å². The molecule has 0 N–H and O–H groups in total. The van der Waals surface area contributed by atoms with Crippen LogP contribution in [0.1, 0.15) is 48.6 Å². The van der Waals surface area contributed by atoms with Gasteiger partial charge in [0.2, 0.25) is 0 Å². The van der Waals surface area contributed by atoms with Gasteiger partial charge in [0.1, 0.15) is 5.75 Å². The summed E-state index contributed by atoms with van der Waals surface area (Å²) in [4.78, 5) is 11.4. The van der Waals surface area contributed by atoms with Crippen molar-refractivity contribution in [3.8, 4) is 5.75 Å². The normalized spacial score (nSPS) is 12.9. The number of hydrogen-bond donors (Lipinski definition) is 0. The van der Waals surface area contributed by atoms with Gasteiger partial charge in [0, 0.05) is 6.08 Å². The van der Waals surface area contributed by atoms with Gasteiger partial charge in [-0.05, 0) is 81.9 Å². The van der Waals surface area contributed by atoms with Crippen LogP contribution in [0.15, 0.2) is 41.5 Å². The molecule has 3 heteroatoms. The molecule has 0 amide bonds. The molecule has 0 spiro atoms. The number of rotatable bonds is 7. The average molecular weight is 369 g/mol. The Hall–Kier alpha value is -2.55. The van der Waals surface area contributed by atoms with Crippen LogP contribution in [0.3, 0.4) is 0 Å². The van der Waals surface area contributed by atoms with Gasteiger partial charge in [0.25, 0.3) is 0 Å². The van der Waals surface area contributed by atoms with Crippen LogP contribution in [0.4, 0.5) is 0 Å². The van der Waals surface area contributed by atoms with E-state index in [-0.39, 0.29) is 5.97 Å². The molecule has 0 saturated heterocycles. The fourth-order valence-electron chi connectivity index (χ4n) is 2.90. The van der Waals surface area contributed by atoms with Gasteiger partial charge in [0.15, 0.2) is 0 Å². The number of esters is 1. The third kappa shape index (κ3) is 6.28. The minimum Gasteiger partial charge on any atom is -0.496 e. The molecular weight excluding hydrogens is 336 g/mol. The minimum absolute atomic E-state index is 0.309. The highest BCUT2D eigenvalue weighted by Crippen LogP contribution is 2.33. The van der Waals surface area contributed by atoms with Gasteiger partial charge in [-0.1, -0.05) is 36.0 Å². The van der Waals surface area contributed by atoms with Crippen LogP contribution in [0.2, 0.25) is 0 Å². The number of carbonyl (C=O) groups is 1. The van der Waals surface area contributed by atoms with E-state index >= 15 is 0 Å². The smallest absolute Gasteiger partial charge is 0.330 e. The molecule has 0 aliphatic rings. The van der Waals surface area contributed by atoms with Gasteiger partial charge in [-0.2, -0.15) is 0 Å². The van der Waals surface area contributed by atoms with Crippen LogP contribution < -0.4 is 4.74 Å². The first-order chi connectivity index (χ1) is 12.7. The van der Waals surface area contributed by atoms with E-state index in [1.807, 2.05) is 25.2 Å². The maximum Gasteiger partial charge on any atom is 0.330 e. The third-order valence-electron chi connectivity index (χ3n) is 4.68. The first kappa shape index (κ1) is 22.5. The van der Waals surface area contributed by atoms with Crippen LogP contribution in [0.5, 0.6) is 5.75 Å². The van der Waals surface area contributed by atoms with Crippen molar-refractivity contribution in [3.63, 3.8) is 0 Å². The van der Waals surface area contributed by atoms with Gasteiger partial charge in [-0.15, -0.1) is 0 Å². The molecule has 0 aliphatic heterocycles. The van der Waals surface area contributed by atoms with Gasteiger partial charge >= 0.3 is 5.97 Å². The van der Waals surface area contributed by atoms with E-state index in [9.17, 15) is 4.79 Å². The van der Waals surface area contributed by atoms with Gasteiger partial charge < -0.3 is 9.47 Å². The van der Waals surface area contributed by atoms with Crippen molar-refractivity contribution in [1.29, 1.82) is 0 Å². The molecule has 0 atom stereocenters. The largest absolute Gasteiger partial charge is 0.496 e. The maximum atomic E-state index is 11.4. The summed E-state index contributed by atoms with van der Waals surface area (Å²) in [6.45, 7) is 14.6. The van der Waals surface area contributed by atoms with Crippen LogP contribution >= 0.6 is 0 Å². The molecule has 1 aromatic carbocycles. The number of hydrogen-bond acceptors (Lipinski definition) is 3. The lowest BCUT2D eigenvalue weighted by molar-refractivity contribution is -0.137. The van der Waals surface area contributed by atoms with Crippen molar-refractivity contribution in [2.45, 2.75) is 48.5 Å². The molecule has 0 fully saturated rings. The molecular formula is C24H32O3. The number of allylic oxidation sites excluding steroid dienone is 6. The molecule has 0 radical (unpaired) electrons. The summed E-state index contributed by atoms with van der Waals surface area (Å²) < 4.78 is 10.5. The molecule has 0 bridgehead atoms. The first-order valence-corrected chi connectivity index (χ1v) is 9.25. The minimum atomic E-state index is -0.309. The zero-order valence-electron chi connectivity index (χ0n) is 17.9. The van der Waals surface area contributed by atoms with Crippen molar-refractivity contribution < 1.29 is 14.3 Å². The predicted molar refractivity (Wildman–Crippen MR) is 114 cm³/mol. The fraction of sp³-hybridized carbons (Fsp3) is 0.375. The van der Waals surface area contributed by atoms with Crippen LogP contribution in [-0.2, 0) is 9.53 Å². The second-order valence-electron chi connectivity index (χ2n) is 6.69. The molecule has 27 heavy (non-hydrogen) atoms. The summed E-state index contributed by atoms with van der Waals surface area (Å²) in [5, 5.41) is 0. The lowest BCUT2D eigenvalue weighted by Crippen LogP contribution is -2.00. The Morgan fingerprint density at radius 1 is 0.926 bits per heavy atom. The summed E-state index contributed by atoms with van der Waals surface area (Å²) in [6, 6.07) is 0. The molecule has 0 unspecified atom stereocenters. The van der Waals surface area contributed by atoms with Crippen molar-refractivity contribution in [3.05, 3.63) is 69.3 Å². The van der Waals surface area contributed by atoms with E-state index in [2.05, 4.69) is 46.8 Å². The number of methoxy groups -OCH3 is 1. The monoisotopic (exact) mass is 368 g/mol. The zero-order valence-corrected chi connectivity index (χ0v) is 17.9. The molecule has 3 nitrogen and oxygen atoms in total. The van der Waals surface area contributed by atoms with Crippen LogP contribution in [-0.4, -0.2) is 19.7 Å². The molecule has 0 saturated carbocycles. The van der Waals surface area contributed by atoms with Crippen molar-refractivity contribution in [2.24, 2.45) is 0 Å². The Bertz CT molecular complexity index is 776. The number of carbonyl (C=O) groups excluding carboxylic acids is 1. The summed E-state index contributed by atoms with van der Waals surface area (Å²) in [7, 11) is 1.72. The Labute approximate surface area is 164 Å². The van der Waals surface area contributed by atoms with E-state index in [1.54, 1.807) is 14.0 Å². The Morgan fingerprint density at radius 2 is 1.52 bits per heavy atom.